The Kier molecular flexibility index (Phi) is 5.53. The van der Waals surface area contributed by atoms with Gasteiger partial charge in [-0.2, -0.15) is 13.2 Å². The van der Waals surface area contributed by atoms with Gasteiger partial charge < -0.3 is 5.11 Å². The number of aromatic nitrogens is 4. The van der Waals surface area contributed by atoms with Crippen molar-refractivity contribution in [2.24, 2.45) is 5.92 Å². The Morgan fingerprint density at radius 1 is 1.33 bits per heavy atom. The third-order valence-corrected chi connectivity index (χ3v) is 3.88. The van der Waals surface area contributed by atoms with Crippen LogP contribution in [-0.4, -0.2) is 31.7 Å². The number of carbonyl (C=O) groups is 1. The second kappa shape index (κ2) is 7.41. The van der Waals surface area contributed by atoms with E-state index in [9.17, 15) is 23.1 Å². The molecular weight excluding hydrogens is 325 g/mol. The Hall–Kier alpha value is -2.45. The van der Waals surface area contributed by atoms with Crippen LogP contribution in [0.5, 0.6) is 0 Å². The van der Waals surface area contributed by atoms with Crippen LogP contribution in [0.4, 0.5) is 13.2 Å². The Morgan fingerprint density at radius 3 is 2.58 bits per heavy atom. The van der Waals surface area contributed by atoms with E-state index in [1.807, 2.05) is 6.92 Å². The van der Waals surface area contributed by atoms with Crippen LogP contribution in [0, 0.1) is 5.92 Å². The fourth-order valence-corrected chi connectivity index (χ4v) is 2.77. The molecule has 1 aromatic carbocycles. The van der Waals surface area contributed by atoms with E-state index in [0.29, 0.717) is 12.8 Å². The lowest BCUT2D eigenvalue weighted by molar-refractivity contribution is -0.143. The SMILES string of the molecule is CCC[C@H](C(=O)O)[C@H](Cc1ccccc1C(F)(F)F)c1nnn[nH]1. The Bertz CT molecular complexity index is 674. The van der Waals surface area contributed by atoms with Gasteiger partial charge in [-0.3, -0.25) is 4.79 Å². The maximum atomic E-state index is 13.2. The van der Waals surface area contributed by atoms with Gasteiger partial charge in [-0.15, -0.1) is 5.10 Å². The molecule has 0 fully saturated rings. The number of carboxylic acid groups (broad SMARTS) is 1. The molecule has 0 aliphatic rings. The molecule has 9 heteroatoms. The molecule has 130 valence electrons. The van der Waals surface area contributed by atoms with Crippen LogP contribution in [0.1, 0.15) is 42.6 Å². The van der Waals surface area contributed by atoms with Crippen LogP contribution in [-0.2, 0) is 17.4 Å². The molecule has 2 N–H and O–H groups in total. The maximum absolute atomic E-state index is 13.2. The van der Waals surface area contributed by atoms with Crippen molar-refractivity contribution >= 4 is 5.97 Å². The first-order chi connectivity index (χ1) is 11.3. The number of alkyl halides is 3. The van der Waals surface area contributed by atoms with E-state index >= 15 is 0 Å². The first-order valence-electron chi connectivity index (χ1n) is 7.46. The molecule has 0 aliphatic heterocycles. The lowest BCUT2D eigenvalue weighted by atomic mass is 9.82. The molecule has 0 aliphatic carbocycles. The van der Waals surface area contributed by atoms with E-state index in [0.717, 1.165) is 6.07 Å². The molecule has 2 atom stereocenters. The number of benzene rings is 1. The normalized spacial score (nSPS) is 14.3. The van der Waals surface area contributed by atoms with Crippen LogP contribution >= 0.6 is 0 Å². The Labute approximate surface area is 136 Å². The average molecular weight is 342 g/mol. The zero-order valence-electron chi connectivity index (χ0n) is 12.9. The van der Waals surface area contributed by atoms with Gasteiger partial charge in [-0.1, -0.05) is 31.5 Å². The van der Waals surface area contributed by atoms with Gasteiger partial charge in [-0.05, 0) is 34.9 Å². The number of aromatic amines is 1. The predicted molar refractivity (Wildman–Crippen MR) is 78.1 cm³/mol. The molecule has 0 amide bonds. The van der Waals surface area contributed by atoms with E-state index in [1.54, 1.807) is 0 Å². The number of H-pyrrole nitrogens is 1. The highest BCUT2D eigenvalue weighted by atomic mass is 19.4. The second-order valence-corrected chi connectivity index (χ2v) is 5.49. The van der Waals surface area contributed by atoms with Crippen LogP contribution in [0.15, 0.2) is 24.3 Å². The molecule has 1 heterocycles. The Morgan fingerprint density at radius 2 is 2.04 bits per heavy atom. The number of halogens is 3. The summed E-state index contributed by atoms with van der Waals surface area (Å²) in [5, 5.41) is 22.5. The van der Waals surface area contributed by atoms with Crippen LogP contribution in [0.3, 0.4) is 0 Å². The van der Waals surface area contributed by atoms with Gasteiger partial charge in [0.15, 0.2) is 5.82 Å². The summed E-state index contributed by atoms with van der Waals surface area (Å²) in [5.74, 6) is -2.57. The van der Waals surface area contributed by atoms with Crippen molar-refractivity contribution < 1.29 is 23.1 Å². The summed E-state index contributed by atoms with van der Waals surface area (Å²) in [7, 11) is 0. The zero-order chi connectivity index (χ0) is 17.7. The highest BCUT2D eigenvalue weighted by molar-refractivity contribution is 5.71. The molecule has 6 nitrogen and oxygen atoms in total. The summed E-state index contributed by atoms with van der Waals surface area (Å²) in [5.41, 5.74) is -0.753. The van der Waals surface area contributed by atoms with Gasteiger partial charge in [0.1, 0.15) is 0 Å². The van der Waals surface area contributed by atoms with E-state index in [4.69, 9.17) is 0 Å². The van der Waals surface area contributed by atoms with Gasteiger partial charge in [0.05, 0.1) is 11.5 Å². The number of aliphatic carboxylic acids is 1. The van der Waals surface area contributed by atoms with Crippen molar-refractivity contribution in [3.05, 3.63) is 41.2 Å². The molecule has 24 heavy (non-hydrogen) atoms. The number of carboxylic acids is 1. The predicted octanol–water partition coefficient (Wildman–Crippen LogP) is 3.05. The molecule has 0 bridgehead atoms. The minimum atomic E-state index is -4.51. The molecular formula is C15H17F3N4O2. The summed E-state index contributed by atoms with van der Waals surface area (Å²) >= 11 is 0. The molecule has 0 saturated carbocycles. The molecule has 2 aromatic rings. The van der Waals surface area contributed by atoms with Gasteiger partial charge in [0.2, 0.25) is 0 Å². The average Bonchev–Trinajstić information content (AvgIpc) is 3.04. The Balaban J connectivity index is 2.42. The van der Waals surface area contributed by atoms with Gasteiger partial charge in [0.25, 0.3) is 0 Å². The smallest absolute Gasteiger partial charge is 0.416 e. The van der Waals surface area contributed by atoms with Crippen molar-refractivity contribution in [3.8, 4) is 0 Å². The number of tetrazole rings is 1. The standard InChI is InChI=1S/C15H17F3N4O2/c1-2-5-10(14(23)24)11(13-19-21-22-20-13)8-9-6-3-4-7-12(9)15(16,17)18/h3-4,6-7,10-11H,2,5,8H2,1H3,(H,23,24)(H,19,20,21,22)/t10-,11-/m0/s1. The molecule has 0 saturated heterocycles. The number of rotatable bonds is 7. The quantitative estimate of drug-likeness (QED) is 0.807. The van der Waals surface area contributed by atoms with Crippen LogP contribution in [0.25, 0.3) is 0 Å². The molecule has 0 radical (unpaired) electrons. The van der Waals surface area contributed by atoms with E-state index < -0.39 is 29.5 Å². The van der Waals surface area contributed by atoms with Gasteiger partial charge in [0, 0.05) is 5.92 Å². The largest absolute Gasteiger partial charge is 0.481 e. The summed E-state index contributed by atoms with van der Waals surface area (Å²) in [6, 6.07) is 5.14. The fourth-order valence-electron chi connectivity index (χ4n) is 2.77. The fraction of sp³-hybridized carbons (Fsp3) is 0.467. The third-order valence-electron chi connectivity index (χ3n) is 3.88. The van der Waals surface area contributed by atoms with E-state index in [1.165, 1.54) is 18.2 Å². The monoisotopic (exact) mass is 342 g/mol. The summed E-state index contributed by atoms with van der Waals surface area (Å²) < 4.78 is 39.6. The highest BCUT2D eigenvalue weighted by Gasteiger charge is 2.36. The summed E-state index contributed by atoms with van der Waals surface area (Å²) in [4.78, 5) is 11.6. The highest BCUT2D eigenvalue weighted by Crippen LogP contribution is 2.36. The number of hydrogen-bond acceptors (Lipinski definition) is 4. The lowest BCUT2D eigenvalue weighted by Gasteiger charge is -2.23. The topological polar surface area (TPSA) is 91.8 Å². The first kappa shape index (κ1) is 17.9. The lowest BCUT2D eigenvalue weighted by Crippen LogP contribution is -2.25. The zero-order valence-corrected chi connectivity index (χ0v) is 12.9. The van der Waals surface area contributed by atoms with Crippen molar-refractivity contribution in [3.63, 3.8) is 0 Å². The summed E-state index contributed by atoms with van der Waals surface area (Å²) in [6.45, 7) is 1.81. The molecule has 0 unspecified atom stereocenters. The van der Waals surface area contributed by atoms with E-state index in [-0.39, 0.29) is 17.8 Å². The van der Waals surface area contributed by atoms with Crippen molar-refractivity contribution in [1.82, 2.24) is 20.6 Å². The molecule has 1 aromatic heterocycles. The van der Waals surface area contributed by atoms with Crippen molar-refractivity contribution in [2.45, 2.75) is 38.3 Å². The van der Waals surface area contributed by atoms with Crippen LogP contribution in [0.2, 0.25) is 0 Å². The number of nitrogens with zero attached hydrogens (tertiary/aromatic N) is 3. The second-order valence-electron chi connectivity index (χ2n) is 5.49. The van der Waals surface area contributed by atoms with Crippen molar-refractivity contribution in [2.75, 3.05) is 0 Å². The molecule has 2 rings (SSSR count). The number of nitrogens with one attached hydrogen (secondary N) is 1. The van der Waals surface area contributed by atoms with Crippen molar-refractivity contribution in [1.29, 1.82) is 0 Å². The summed E-state index contributed by atoms with van der Waals surface area (Å²) in [6.07, 6.45) is -3.74. The molecule has 0 spiro atoms. The van der Waals surface area contributed by atoms with Gasteiger partial charge in [-0.25, -0.2) is 5.10 Å². The van der Waals surface area contributed by atoms with Gasteiger partial charge >= 0.3 is 12.1 Å². The maximum Gasteiger partial charge on any atom is 0.416 e. The number of hydrogen-bond donors (Lipinski definition) is 2. The third kappa shape index (κ3) is 4.09. The first-order valence-corrected chi connectivity index (χ1v) is 7.46. The minimum Gasteiger partial charge on any atom is -0.481 e. The van der Waals surface area contributed by atoms with Crippen LogP contribution < -0.4 is 0 Å². The minimum absolute atomic E-state index is 0.0220. The van der Waals surface area contributed by atoms with E-state index in [2.05, 4.69) is 20.6 Å².